The smallest absolute Gasteiger partial charge is 0.387 e. The molecule has 1 aliphatic rings. The van der Waals surface area contributed by atoms with E-state index in [4.69, 9.17) is 0 Å². The van der Waals surface area contributed by atoms with Gasteiger partial charge in [0.1, 0.15) is 11.1 Å². The van der Waals surface area contributed by atoms with E-state index in [2.05, 4.69) is 15.0 Å². The van der Waals surface area contributed by atoms with E-state index in [0.29, 0.717) is 12.1 Å². The molecule has 1 aliphatic heterocycles. The Morgan fingerprint density at radius 2 is 2.03 bits per heavy atom. The van der Waals surface area contributed by atoms with E-state index in [0.717, 1.165) is 12.1 Å². The molecular formula is C20H21F4N3O3S. The molecule has 1 fully saturated rings. The van der Waals surface area contributed by atoms with Crippen molar-refractivity contribution in [2.24, 2.45) is 5.41 Å². The van der Waals surface area contributed by atoms with Crippen LogP contribution in [0.1, 0.15) is 20.3 Å². The predicted octanol–water partition coefficient (Wildman–Crippen LogP) is 3.94. The Morgan fingerprint density at radius 1 is 1.32 bits per heavy atom. The van der Waals surface area contributed by atoms with Gasteiger partial charge < -0.3 is 15.0 Å². The Bertz CT molecular complexity index is 1020. The molecule has 2 aromatic rings. The Morgan fingerprint density at radius 3 is 2.68 bits per heavy atom. The van der Waals surface area contributed by atoms with Crippen molar-refractivity contribution < 1.29 is 31.3 Å². The summed E-state index contributed by atoms with van der Waals surface area (Å²) in [6.45, 7) is 0.580. The van der Waals surface area contributed by atoms with Crippen LogP contribution in [-0.2, 0) is 15.6 Å². The van der Waals surface area contributed by atoms with E-state index < -0.39 is 52.2 Å². The molecule has 6 nitrogen and oxygen atoms in total. The van der Waals surface area contributed by atoms with E-state index in [-0.39, 0.29) is 17.3 Å². The van der Waals surface area contributed by atoms with E-state index in [1.54, 1.807) is 0 Å². The second-order valence-corrected chi connectivity index (χ2v) is 9.25. The van der Waals surface area contributed by atoms with Crippen molar-refractivity contribution in [2.75, 3.05) is 23.0 Å². The average molecular weight is 459 g/mol. The minimum Gasteiger partial charge on any atom is -0.429 e. The molecule has 0 aliphatic carbocycles. The van der Waals surface area contributed by atoms with Crippen LogP contribution in [0, 0.1) is 17.0 Å². The first-order valence-corrected chi connectivity index (χ1v) is 10.8. The average Bonchev–Trinajstić information content (AvgIpc) is 3.01. The Hall–Kier alpha value is -2.69. The van der Waals surface area contributed by atoms with Crippen molar-refractivity contribution in [3.63, 3.8) is 0 Å². The highest BCUT2D eigenvalue weighted by Gasteiger charge is 2.43. The zero-order valence-electron chi connectivity index (χ0n) is 17.0. The molecule has 2 unspecified atom stereocenters. The fourth-order valence-corrected chi connectivity index (χ4v) is 4.08. The zero-order valence-corrected chi connectivity index (χ0v) is 17.8. The van der Waals surface area contributed by atoms with Gasteiger partial charge in [0, 0.05) is 24.7 Å². The van der Waals surface area contributed by atoms with Gasteiger partial charge in [-0.1, -0.05) is 13.8 Å². The molecule has 1 aromatic heterocycles. The number of aromatic nitrogens is 1. The largest absolute Gasteiger partial charge is 0.429 e. The zero-order chi connectivity index (χ0) is 22.9. The molecule has 1 saturated heterocycles. The van der Waals surface area contributed by atoms with Crippen LogP contribution >= 0.6 is 0 Å². The molecule has 3 rings (SSSR count). The number of nitrogens with zero attached hydrogens (tertiary/aromatic N) is 2. The maximum atomic E-state index is 14.3. The van der Waals surface area contributed by atoms with Crippen LogP contribution in [0.25, 0.3) is 0 Å². The number of benzene rings is 1. The normalized spacial score (nSPS) is 18.8. The fourth-order valence-electron chi connectivity index (χ4n) is 3.58. The summed E-state index contributed by atoms with van der Waals surface area (Å²) in [7, 11) is -1.36. The summed E-state index contributed by atoms with van der Waals surface area (Å²) in [5.74, 6) is -4.32. The van der Waals surface area contributed by atoms with E-state index >= 15 is 0 Å². The maximum absolute atomic E-state index is 14.3. The first-order chi connectivity index (χ1) is 14.5. The van der Waals surface area contributed by atoms with Gasteiger partial charge in [0.25, 0.3) is 0 Å². The molecule has 11 heteroatoms. The van der Waals surface area contributed by atoms with Gasteiger partial charge in [-0.25, -0.2) is 9.37 Å². The lowest BCUT2D eigenvalue weighted by atomic mass is 9.90. The van der Waals surface area contributed by atoms with E-state index in [1.807, 2.05) is 13.8 Å². The number of nitrogens with one attached hydrogen (secondary N) is 1. The van der Waals surface area contributed by atoms with Crippen LogP contribution in [0.5, 0.6) is 5.75 Å². The topological polar surface area (TPSA) is 71.5 Å². The lowest BCUT2D eigenvalue weighted by Crippen LogP contribution is -2.40. The van der Waals surface area contributed by atoms with Crippen LogP contribution in [0.4, 0.5) is 28.9 Å². The summed E-state index contributed by atoms with van der Waals surface area (Å²) in [5.41, 5.74) is -0.220. The number of hydrogen-bond acceptors (Lipinski definition) is 5. The third-order valence-electron chi connectivity index (χ3n) is 4.87. The number of hydrogen-bond donors (Lipinski definition) is 1. The molecule has 1 N–H and O–H groups in total. The number of rotatable bonds is 6. The summed E-state index contributed by atoms with van der Waals surface area (Å²) in [5, 5.41) is 2.96. The van der Waals surface area contributed by atoms with Gasteiger partial charge in [0.2, 0.25) is 11.7 Å². The molecule has 0 spiro atoms. The number of halogens is 4. The second-order valence-electron chi connectivity index (χ2n) is 7.93. The predicted molar refractivity (Wildman–Crippen MR) is 108 cm³/mol. The molecule has 31 heavy (non-hydrogen) atoms. The van der Waals surface area contributed by atoms with Crippen LogP contribution in [-0.4, -0.2) is 40.6 Å². The second kappa shape index (κ2) is 8.81. The quantitative estimate of drug-likeness (QED) is 0.663. The van der Waals surface area contributed by atoms with E-state index in [9.17, 15) is 26.6 Å². The number of carbonyl (C=O) groups excluding carboxylic acids is 1. The van der Waals surface area contributed by atoms with Gasteiger partial charge in [0.05, 0.1) is 16.5 Å². The van der Waals surface area contributed by atoms with Crippen molar-refractivity contribution in [3.8, 4) is 5.75 Å². The van der Waals surface area contributed by atoms with Crippen molar-refractivity contribution in [1.29, 1.82) is 0 Å². The van der Waals surface area contributed by atoms with Crippen molar-refractivity contribution in [3.05, 3.63) is 42.1 Å². The van der Waals surface area contributed by atoms with Crippen LogP contribution in [0.15, 0.2) is 35.5 Å². The first kappa shape index (κ1) is 23.0. The fraction of sp³-hybridized carbons (Fsp3) is 0.400. The third kappa shape index (κ3) is 5.15. The van der Waals surface area contributed by atoms with Gasteiger partial charge in [0.15, 0.2) is 11.6 Å². The Kier molecular flexibility index (Phi) is 6.54. The van der Waals surface area contributed by atoms with Gasteiger partial charge in [-0.05, 0) is 36.1 Å². The summed E-state index contributed by atoms with van der Waals surface area (Å²) >= 11 is 0. The van der Waals surface area contributed by atoms with Gasteiger partial charge in [-0.2, -0.15) is 13.2 Å². The SMILES string of the molecule is CS(=O)c1cc(NC(=O)C2CC(C)(C)CN2c2ccc(F)c(F)c2OC(F)F)ccn1. The molecule has 2 atom stereocenters. The lowest BCUT2D eigenvalue weighted by Gasteiger charge is -2.28. The molecule has 0 bridgehead atoms. The van der Waals surface area contributed by atoms with Crippen LogP contribution in [0.2, 0.25) is 0 Å². The summed E-state index contributed by atoms with van der Waals surface area (Å²) in [4.78, 5) is 18.4. The lowest BCUT2D eigenvalue weighted by molar-refractivity contribution is -0.117. The summed E-state index contributed by atoms with van der Waals surface area (Å²) in [6.07, 6.45) is 3.17. The molecule has 1 aromatic carbocycles. The number of alkyl halides is 2. The molecule has 2 heterocycles. The number of carbonyl (C=O) groups is 1. The molecule has 168 valence electrons. The monoisotopic (exact) mass is 459 g/mol. The molecule has 1 amide bonds. The number of anilines is 2. The third-order valence-corrected chi connectivity index (χ3v) is 5.68. The standard InChI is InChI=1S/C20H21F4N3O3S/c1-20(2)9-14(18(28)26-11-6-7-25-15(8-11)31(3)29)27(10-20)13-5-4-12(21)16(22)17(13)30-19(23)24/h4-8,14,19H,9-10H2,1-3H3,(H,25,26,28). The minimum absolute atomic E-state index is 0.144. The molecule has 0 radical (unpaired) electrons. The Labute approximate surface area is 179 Å². The number of amides is 1. The van der Waals surface area contributed by atoms with Crippen LogP contribution in [0.3, 0.4) is 0 Å². The summed E-state index contributed by atoms with van der Waals surface area (Å²) in [6, 6.07) is 4.02. The highest BCUT2D eigenvalue weighted by Crippen LogP contribution is 2.43. The highest BCUT2D eigenvalue weighted by molar-refractivity contribution is 7.84. The molecular weight excluding hydrogens is 438 g/mol. The van der Waals surface area contributed by atoms with Crippen LogP contribution < -0.4 is 15.0 Å². The van der Waals surface area contributed by atoms with Crippen molar-refractivity contribution in [2.45, 2.75) is 37.9 Å². The number of ether oxygens (including phenoxy) is 1. The van der Waals surface area contributed by atoms with Gasteiger partial charge >= 0.3 is 6.61 Å². The van der Waals surface area contributed by atoms with E-state index in [1.165, 1.54) is 29.5 Å². The van der Waals surface area contributed by atoms with Gasteiger partial charge in [-0.3, -0.25) is 9.00 Å². The van der Waals surface area contributed by atoms with Gasteiger partial charge in [-0.15, -0.1) is 0 Å². The maximum Gasteiger partial charge on any atom is 0.387 e. The Balaban J connectivity index is 1.95. The summed E-state index contributed by atoms with van der Waals surface area (Å²) < 4.78 is 69.5. The minimum atomic E-state index is -3.37. The number of pyridine rings is 1. The highest BCUT2D eigenvalue weighted by atomic mass is 32.2. The first-order valence-electron chi connectivity index (χ1n) is 9.28. The van der Waals surface area contributed by atoms with Crippen molar-refractivity contribution >= 4 is 28.1 Å². The van der Waals surface area contributed by atoms with Crippen molar-refractivity contribution in [1.82, 2.24) is 4.98 Å². The molecule has 0 saturated carbocycles.